The maximum Gasteiger partial charge on any atom is 0.168 e. The Labute approximate surface area is 141 Å². The first-order valence-electron chi connectivity index (χ1n) is 8.05. The number of fused-ring (bicyclic) bond motifs is 1. The Hall–Kier alpha value is -2.72. The van der Waals surface area contributed by atoms with Crippen LogP contribution in [0.4, 0.5) is 5.69 Å². The number of methoxy groups -OCH3 is 1. The molecule has 4 nitrogen and oxygen atoms in total. The van der Waals surface area contributed by atoms with Crippen molar-refractivity contribution in [2.75, 3.05) is 18.6 Å². The largest absolute Gasteiger partial charge is 0.358 e. The average molecular weight is 317 g/mol. The minimum absolute atomic E-state index is 0.166. The second kappa shape index (κ2) is 6.06. The summed E-state index contributed by atoms with van der Waals surface area (Å²) in [5.41, 5.74) is 4.36. The molecule has 0 spiro atoms. The van der Waals surface area contributed by atoms with E-state index in [1.54, 1.807) is 7.11 Å². The number of amidine groups is 1. The van der Waals surface area contributed by atoms with Crippen molar-refractivity contribution in [3.63, 3.8) is 0 Å². The van der Waals surface area contributed by atoms with E-state index in [1.165, 1.54) is 5.56 Å². The fraction of sp³-hybridized carbons (Fsp3) is 0.200. The van der Waals surface area contributed by atoms with Crippen molar-refractivity contribution in [1.29, 1.82) is 0 Å². The molecule has 0 fully saturated rings. The monoisotopic (exact) mass is 317 g/mol. The van der Waals surface area contributed by atoms with Crippen LogP contribution in [0.3, 0.4) is 0 Å². The van der Waals surface area contributed by atoms with Crippen LogP contribution in [0.2, 0.25) is 0 Å². The van der Waals surface area contributed by atoms with Crippen molar-refractivity contribution in [2.24, 2.45) is 4.99 Å². The lowest BCUT2D eigenvalue weighted by atomic mass is 10.1. The number of hydrogen-bond donors (Lipinski definition) is 0. The van der Waals surface area contributed by atoms with Gasteiger partial charge in [0, 0.05) is 29.9 Å². The Morgan fingerprint density at radius 1 is 1.04 bits per heavy atom. The molecule has 1 unspecified atom stereocenters. The summed E-state index contributed by atoms with van der Waals surface area (Å²) in [4.78, 5) is 11.6. The van der Waals surface area contributed by atoms with Crippen LogP contribution >= 0.6 is 0 Å². The summed E-state index contributed by atoms with van der Waals surface area (Å²) in [6, 6.07) is 18.7. The minimum Gasteiger partial charge on any atom is -0.358 e. The molecular formula is C20H19N3O. The third kappa shape index (κ3) is 2.55. The van der Waals surface area contributed by atoms with Crippen molar-refractivity contribution in [3.05, 3.63) is 71.9 Å². The third-order valence-electron chi connectivity index (χ3n) is 4.35. The summed E-state index contributed by atoms with van der Waals surface area (Å²) >= 11 is 0. The molecule has 1 atom stereocenters. The molecule has 0 saturated carbocycles. The molecule has 1 aromatic heterocycles. The van der Waals surface area contributed by atoms with E-state index in [2.05, 4.69) is 65.3 Å². The van der Waals surface area contributed by atoms with Crippen LogP contribution in [-0.4, -0.2) is 30.7 Å². The number of pyridine rings is 1. The summed E-state index contributed by atoms with van der Waals surface area (Å²) < 4.78 is 5.50. The number of para-hydroxylation sites is 1. The standard InChI is InChI=1S/C20H19N3O/c1-14-8-10-16(11-9-14)23-13-18(24-2)22-20(23)17-7-3-5-15-6-4-12-21-19(15)17/h3-12,18H,13H2,1-2H3. The summed E-state index contributed by atoms with van der Waals surface area (Å²) in [6.07, 6.45) is 1.66. The van der Waals surface area contributed by atoms with Gasteiger partial charge in [-0.05, 0) is 31.2 Å². The van der Waals surface area contributed by atoms with Gasteiger partial charge in [0.05, 0.1) is 12.1 Å². The fourth-order valence-electron chi connectivity index (χ4n) is 3.07. The molecule has 0 radical (unpaired) electrons. The number of ether oxygens (including phenoxy) is 1. The van der Waals surface area contributed by atoms with E-state index in [0.717, 1.165) is 28.0 Å². The second-order valence-electron chi connectivity index (χ2n) is 5.97. The highest BCUT2D eigenvalue weighted by molar-refractivity contribution is 6.17. The number of aliphatic imine (C=N–C) groups is 1. The molecule has 3 aromatic rings. The molecule has 2 aromatic carbocycles. The van der Waals surface area contributed by atoms with Gasteiger partial charge in [0.2, 0.25) is 0 Å². The minimum atomic E-state index is -0.166. The zero-order valence-corrected chi connectivity index (χ0v) is 13.8. The second-order valence-corrected chi connectivity index (χ2v) is 5.97. The normalized spacial score (nSPS) is 17.3. The topological polar surface area (TPSA) is 37.7 Å². The number of rotatable bonds is 3. The highest BCUT2D eigenvalue weighted by Gasteiger charge is 2.28. The van der Waals surface area contributed by atoms with Crippen molar-refractivity contribution < 1.29 is 4.74 Å². The zero-order valence-electron chi connectivity index (χ0n) is 13.8. The lowest BCUT2D eigenvalue weighted by Gasteiger charge is -2.21. The van der Waals surface area contributed by atoms with Gasteiger partial charge in [-0.1, -0.05) is 35.9 Å². The molecular weight excluding hydrogens is 298 g/mol. The first-order valence-corrected chi connectivity index (χ1v) is 8.05. The highest BCUT2D eigenvalue weighted by atomic mass is 16.5. The number of benzene rings is 2. The molecule has 1 aliphatic rings. The Bertz CT molecular complexity index is 897. The maximum absolute atomic E-state index is 5.50. The first kappa shape index (κ1) is 14.8. The first-order chi connectivity index (χ1) is 11.8. The van der Waals surface area contributed by atoms with Crippen LogP contribution < -0.4 is 4.90 Å². The number of anilines is 1. The van der Waals surface area contributed by atoms with Gasteiger partial charge in [-0.3, -0.25) is 4.98 Å². The van der Waals surface area contributed by atoms with Crippen LogP contribution in [0, 0.1) is 6.92 Å². The van der Waals surface area contributed by atoms with Gasteiger partial charge in [0.15, 0.2) is 6.23 Å². The summed E-state index contributed by atoms with van der Waals surface area (Å²) in [5, 5.41) is 1.11. The van der Waals surface area contributed by atoms with Gasteiger partial charge in [-0.2, -0.15) is 0 Å². The van der Waals surface area contributed by atoms with E-state index in [-0.39, 0.29) is 6.23 Å². The molecule has 1 aliphatic heterocycles. The van der Waals surface area contributed by atoms with E-state index < -0.39 is 0 Å². The fourth-order valence-corrected chi connectivity index (χ4v) is 3.07. The van der Waals surface area contributed by atoms with Gasteiger partial charge in [0.1, 0.15) is 5.84 Å². The Morgan fingerprint density at radius 2 is 1.83 bits per heavy atom. The molecule has 120 valence electrons. The maximum atomic E-state index is 5.50. The van der Waals surface area contributed by atoms with Crippen molar-refractivity contribution in [3.8, 4) is 0 Å². The number of aryl methyl sites for hydroxylation is 1. The molecule has 0 amide bonds. The van der Waals surface area contributed by atoms with E-state index >= 15 is 0 Å². The lowest BCUT2D eigenvalue weighted by molar-refractivity contribution is 0.124. The molecule has 0 saturated heterocycles. The van der Waals surface area contributed by atoms with Crippen molar-refractivity contribution >= 4 is 22.4 Å². The van der Waals surface area contributed by atoms with E-state index in [0.29, 0.717) is 6.54 Å². The quantitative estimate of drug-likeness (QED) is 0.738. The summed E-state index contributed by atoms with van der Waals surface area (Å²) in [6.45, 7) is 2.80. The molecule has 0 N–H and O–H groups in total. The predicted octanol–water partition coefficient (Wildman–Crippen LogP) is 3.78. The number of nitrogens with zero attached hydrogens (tertiary/aromatic N) is 3. The van der Waals surface area contributed by atoms with E-state index in [9.17, 15) is 0 Å². The van der Waals surface area contributed by atoms with E-state index in [4.69, 9.17) is 9.73 Å². The Morgan fingerprint density at radius 3 is 2.62 bits per heavy atom. The van der Waals surface area contributed by atoms with Gasteiger partial charge < -0.3 is 9.64 Å². The van der Waals surface area contributed by atoms with Crippen LogP contribution in [0.15, 0.2) is 65.8 Å². The van der Waals surface area contributed by atoms with Crippen LogP contribution in [0.1, 0.15) is 11.1 Å². The predicted molar refractivity (Wildman–Crippen MR) is 97.6 cm³/mol. The number of hydrogen-bond acceptors (Lipinski definition) is 4. The third-order valence-corrected chi connectivity index (χ3v) is 4.35. The van der Waals surface area contributed by atoms with E-state index in [1.807, 2.05) is 12.3 Å². The lowest BCUT2D eigenvalue weighted by Crippen LogP contribution is -2.30. The molecule has 2 heterocycles. The van der Waals surface area contributed by atoms with Gasteiger partial charge in [-0.15, -0.1) is 0 Å². The van der Waals surface area contributed by atoms with Gasteiger partial charge in [-0.25, -0.2) is 4.99 Å². The number of aromatic nitrogens is 1. The Kier molecular flexibility index (Phi) is 3.75. The summed E-state index contributed by atoms with van der Waals surface area (Å²) in [5.74, 6) is 0.912. The van der Waals surface area contributed by atoms with Gasteiger partial charge >= 0.3 is 0 Å². The van der Waals surface area contributed by atoms with Crippen LogP contribution in [0.25, 0.3) is 10.9 Å². The highest BCUT2D eigenvalue weighted by Crippen LogP contribution is 2.27. The molecule has 0 aliphatic carbocycles. The van der Waals surface area contributed by atoms with Crippen LogP contribution in [-0.2, 0) is 4.74 Å². The zero-order chi connectivity index (χ0) is 16.5. The average Bonchev–Trinajstić information content (AvgIpc) is 3.06. The van der Waals surface area contributed by atoms with Crippen molar-refractivity contribution in [1.82, 2.24) is 4.98 Å². The van der Waals surface area contributed by atoms with Crippen LogP contribution in [0.5, 0.6) is 0 Å². The molecule has 4 heteroatoms. The summed E-state index contributed by atoms with van der Waals surface area (Å²) in [7, 11) is 1.70. The molecule has 24 heavy (non-hydrogen) atoms. The SMILES string of the molecule is COC1CN(c2ccc(C)cc2)C(c2cccc3cccnc23)=N1. The molecule has 0 bridgehead atoms. The molecule has 4 rings (SSSR count). The smallest absolute Gasteiger partial charge is 0.168 e. The Balaban J connectivity index is 1.84. The van der Waals surface area contributed by atoms with Gasteiger partial charge in [0.25, 0.3) is 0 Å². The van der Waals surface area contributed by atoms with Crippen molar-refractivity contribution in [2.45, 2.75) is 13.2 Å².